The van der Waals surface area contributed by atoms with Crippen LogP contribution in [0.4, 0.5) is 0 Å². The van der Waals surface area contributed by atoms with Crippen LogP contribution in [0.1, 0.15) is 57.3 Å². The van der Waals surface area contributed by atoms with Gasteiger partial charge in [-0.25, -0.2) is 0 Å². The zero-order chi connectivity index (χ0) is 20.5. The van der Waals surface area contributed by atoms with Gasteiger partial charge in [0.05, 0.1) is 6.54 Å². The summed E-state index contributed by atoms with van der Waals surface area (Å²) < 4.78 is 5.51. The van der Waals surface area contributed by atoms with Crippen LogP contribution in [-0.4, -0.2) is 51.6 Å². The van der Waals surface area contributed by atoms with Gasteiger partial charge in [0.1, 0.15) is 5.69 Å². The van der Waals surface area contributed by atoms with Gasteiger partial charge in [-0.15, -0.1) is 0 Å². The average molecular weight is 410 g/mol. The summed E-state index contributed by atoms with van der Waals surface area (Å²) >= 11 is 0. The number of pyridine rings is 1. The number of carbonyl (C=O) groups is 1. The topological polar surface area (TPSA) is 84.2 Å². The van der Waals surface area contributed by atoms with Crippen LogP contribution in [0.3, 0.4) is 0 Å². The van der Waals surface area contributed by atoms with Gasteiger partial charge in [-0.05, 0) is 82.0 Å². The number of rotatable bonds is 6. The van der Waals surface area contributed by atoms with Crippen LogP contribution in [-0.2, 0) is 4.79 Å². The van der Waals surface area contributed by atoms with Crippen LogP contribution in [0.25, 0.3) is 11.5 Å². The molecule has 2 bridgehead atoms. The Kier molecular flexibility index (Phi) is 5.54. The predicted molar refractivity (Wildman–Crippen MR) is 112 cm³/mol. The Morgan fingerprint density at radius 1 is 1.23 bits per heavy atom. The van der Waals surface area contributed by atoms with Crippen molar-refractivity contribution in [1.29, 1.82) is 0 Å². The van der Waals surface area contributed by atoms with Gasteiger partial charge in [0.25, 0.3) is 0 Å². The molecule has 2 aromatic heterocycles. The summed E-state index contributed by atoms with van der Waals surface area (Å²) in [6.07, 6.45) is 9.05. The summed E-state index contributed by atoms with van der Waals surface area (Å²) in [6.45, 7) is 4.44. The van der Waals surface area contributed by atoms with E-state index in [1.54, 1.807) is 6.20 Å². The fourth-order valence-corrected chi connectivity index (χ4v) is 5.85. The molecule has 0 aromatic carbocycles. The molecule has 4 unspecified atom stereocenters. The van der Waals surface area contributed by atoms with Crippen molar-refractivity contribution >= 4 is 5.91 Å². The van der Waals surface area contributed by atoms with E-state index in [1.165, 1.54) is 25.7 Å². The minimum atomic E-state index is 0.166. The first-order chi connectivity index (χ1) is 14.7. The summed E-state index contributed by atoms with van der Waals surface area (Å²) in [4.78, 5) is 23.7. The normalized spacial score (nSPS) is 28.0. The number of fused-ring (bicyclic) bond motifs is 2. The number of hydrogen-bond acceptors (Lipinski definition) is 6. The molecule has 5 rings (SSSR count). The highest BCUT2D eigenvalue weighted by Gasteiger charge is 2.42. The lowest BCUT2D eigenvalue weighted by Crippen LogP contribution is -2.46. The van der Waals surface area contributed by atoms with Crippen LogP contribution in [0.15, 0.2) is 28.9 Å². The SMILES string of the molecule is CC(NC(=O)CN1CCC(c2nc(-c3ccccn3)no2)CC1)C1CC2CCC1C2. The molecule has 3 heterocycles. The predicted octanol–water partition coefficient (Wildman–Crippen LogP) is 3.25. The lowest BCUT2D eigenvalue weighted by molar-refractivity contribution is -0.123. The van der Waals surface area contributed by atoms with Crippen molar-refractivity contribution in [2.45, 2.75) is 57.4 Å². The molecule has 160 valence electrons. The lowest BCUT2D eigenvalue weighted by Gasteiger charge is -2.32. The first-order valence-corrected chi connectivity index (χ1v) is 11.4. The van der Waals surface area contributed by atoms with Crippen LogP contribution in [0.2, 0.25) is 0 Å². The van der Waals surface area contributed by atoms with Crippen LogP contribution < -0.4 is 5.32 Å². The highest BCUT2D eigenvalue weighted by Crippen LogP contribution is 2.49. The van der Waals surface area contributed by atoms with E-state index in [4.69, 9.17) is 4.52 Å². The van der Waals surface area contributed by atoms with Crippen LogP contribution in [0, 0.1) is 17.8 Å². The van der Waals surface area contributed by atoms with Crippen molar-refractivity contribution in [3.63, 3.8) is 0 Å². The Bertz CT molecular complexity index is 861. The van der Waals surface area contributed by atoms with E-state index in [0.29, 0.717) is 30.2 Å². The van der Waals surface area contributed by atoms with Gasteiger partial charge in [0.2, 0.25) is 17.6 Å². The third kappa shape index (κ3) is 4.13. The molecule has 3 aliphatic rings. The highest BCUT2D eigenvalue weighted by molar-refractivity contribution is 5.78. The Hall–Kier alpha value is -2.28. The second kappa shape index (κ2) is 8.46. The van der Waals surface area contributed by atoms with Gasteiger partial charge in [-0.1, -0.05) is 17.6 Å². The summed E-state index contributed by atoms with van der Waals surface area (Å²) in [6, 6.07) is 5.97. The van der Waals surface area contributed by atoms with Crippen molar-refractivity contribution in [3.05, 3.63) is 30.3 Å². The van der Waals surface area contributed by atoms with E-state index in [2.05, 4.69) is 32.3 Å². The lowest BCUT2D eigenvalue weighted by atomic mass is 9.84. The van der Waals surface area contributed by atoms with E-state index in [9.17, 15) is 4.79 Å². The average Bonchev–Trinajstić information content (AvgIpc) is 3.52. The third-order valence-corrected chi connectivity index (χ3v) is 7.46. The van der Waals surface area contributed by atoms with Gasteiger partial charge >= 0.3 is 0 Å². The van der Waals surface area contributed by atoms with E-state index >= 15 is 0 Å². The molecule has 1 saturated heterocycles. The molecule has 4 atom stereocenters. The molecule has 1 amide bonds. The number of aromatic nitrogens is 3. The smallest absolute Gasteiger partial charge is 0.234 e. The van der Waals surface area contributed by atoms with Crippen molar-refractivity contribution in [1.82, 2.24) is 25.3 Å². The van der Waals surface area contributed by atoms with Crippen LogP contribution in [0.5, 0.6) is 0 Å². The maximum absolute atomic E-state index is 12.6. The third-order valence-electron chi connectivity index (χ3n) is 7.46. The van der Waals surface area contributed by atoms with E-state index < -0.39 is 0 Å². The first-order valence-electron chi connectivity index (χ1n) is 11.4. The van der Waals surface area contributed by atoms with Gasteiger partial charge in [0.15, 0.2) is 0 Å². The van der Waals surface area contributed by atoms with Gasteiger partial charge in [-0.3, -0.25) is 14.7 Å². The van der Waals surface area contributed by atoms with Crippen molar-refractivity contribution in [2.75, 3.05) is 19.6 Å². The molecule has 0 radical (unpaired) electrons. The molecule has 2 aliphatic carbocycles. The number of carbonyl (C=O) groups excluding carboxylic acids is 1. The monoisotopic (exact) mass is 409 g/mol. The Morgan fingerprint density at radius 3 is 2.80 bits per heavy atom. The molecule has 30 heavy (non-hydrogen) atoms. The highest BCUT2D eigenvalue weighted by atomic mass is 16.5. The maximum atomic E-state index is 12.6. The zero-order valence-electron chi connectivity index (χ0n) is 17.7. The maximum Gasteiger partial charge on any atom is 0.234 e. The van der Waals surface area contributed by atoms with Gasteiger partial charge in [-0.2, -0.15) is 4.98 Å². The molecule has 3 fully saturated rings. The molecule has 1 N–H and O–H groups in total. The van der Waals surface area contributed by atoms with E-state index in [1.807, 2.05) is 18.2 Å². The quantitative estimate of drug-likeness (QED) is 0.788. The van der Waals surface area contributed by atoms with Crippen molar-refractivity contribution in [2.24, 2.45) is 17.8 Å². The minimum absolute atomic E-state index is 0.166. The first kappa shape index (κ1) is 19.7. The molecular formula is C23H31N5O2. The number of hydrogen-bond donors (Lipinski definition) is 1. The van der Waals surface area contributed by atoms with Gasteiger partial charge < -0.3 is 9.84 Å². The summed E-state index contributed by atoms with van der Waals surface area (Å²) in [5.74, 6) is 4.09. The largest absolute Gasteiger partial charge is 0.352 e. The summed E-state index contributed by atoms with van der Waals surface area (Å²) in [5, 5.41) is 7.38. The fourth-order valence-electron chi connectivity index (χ4n) is 5.85. The Balaban J connectivity index is 1.09. The number of amides is 1. The van der Waals surface area contributed by atoms with Crippen LogP contribution >= 0.6 is 0 Å². The van der Waals surface area contributed by atoms with E-state index in [0.717, 1.165) is 43.5 Å². The van der Waals surface area contributed by atoms with Gasteiger partial charge in [0, 0.05) is 18.2 Å². The number of nitrogens with zero attached hydrogens (tertiary/aromatic N) is 4. The molecule has 0 spiro atoms. The Morgan fingerprint density at radius 2 is 2.10 bits per heavy atom. The van der Waals surface area contributed by atoms with Crippen molar-refractivity contribution < 1.29 is 9.32 Å². The zero-order valence-corrected chi connectivity index (χ0v) is 17.7. The number of piperidine rings is 1. The van der Waals surface area contributed by atoms with E-state index in [-0.39, 0.29) is 11.8 Å². The molecule has 2 saturated carbocycles. The fraction of sp³-hybridized carbons (Fsp3) is 0.652. The summed E-state index contributed by atoms with van der Waals surface area (Å²) in [5.41, 5.74) is 0.728. The second-order valence-electron chi connectivity index (χ2n) is 9.42. The molecule has 2 aromatic rings. The molecule has 7 heteroatoms. The number of likely N-dealkylation sites (tertiary alicyclic amines) is 1. The molecule has 7 nitrogen and oxygen atoms in total. The molecule has 1 aliphatic heterocycles. The summed E-state index contributed by atoms with van der Waals surface area (Å²) in [7, 11) is 0. The molecular weight excluding hydrogens is 378 g/mol. The van der Waals surface area contributed by atoms with Crippen molar-refractivity contribution in [3.8, 4) is 11.5 Å². The second-order valence-corrected chi connectivity index (χ2v) is 9.42. The number of nitrogens with one attached hydrogen (secondary N) is 1. The standard InChI is InChI=1S/C23H31N5O2/c1-15(19-13-16-5-6-18(19)12-16)25-21(29)14-28-10-7-17(8-11-28)23-26-22(27-30-23)20-4-2-3-9-24-20/h2-4,9,15-19H,5-8,10-14H2,1H3,(H,25,29). The minimum Gasteiger partial charge on any atom is -0.352 e. The Labute approximate surface area is 177 Å².